The molecule has 104 valence electrons. The number of urea groups is 1. The number of carboxylic acids is 1. The zero-order valence-electron chi connectivity index (χ0n) is 11.1. The maximum absolute atomic E-state index is 12.9. The molecule has 6 heteroatoms. The van der Waals surface area contributed by atoms with Crippen molar-refractivity contribution in [2.24, 2.45) is 5.92 Å². The molecule has 19 heavy (non-hydrogen) atoms. The van der Waals surface area contributed by atoms with Crippen LogP contribution in [-0.2, 0) is 4.79 Å². The van der Waals surface area contributed by atoms with Crippen LogP contribution in [-0.4, -0.2) is 35.6 Å². The van der Waals surface area contributed by atoms with Crippen molar-refractivity contribution < 1.29 is 19.1 Å². The van der Waals surface area contributed by atoms with E-state index in [1.54, 1.807) is 6.92 Å². The minimum absolute atomic E-state index is 0.0986. The molecule has 2 N–H and O–H groups in total. The lowest BCUT2D eigenvalue weighted by Crippen LogP contribution is -2.36. The Morgan fingerprint density at radius 3 is 2.63 bits per heavy atom. The van der Waals surface area contributed by atoms with Gasteiger partial charge in [0.05, 0.1) is 5.92 Å². The molecule has 1 aromatic rings. The molecule has 0 spiro atoms. The Labute approximate surface area is 111 Å². The van der Waals surface area contributed by atoms with Crippen molar-refractivity contribution in [1.29, 1.82) is 0 Å². The molecule has 2 amide bonds. The van der Waals surface area contributed by atoms with Gasteiger partial charge in [0.25, 0.3) is 0 Å². The molecule has 0 radical (unpaired) electrons. The minimum Gasteiger partial charge on any atom is -0.481 e. The molecule has 0 aliphatic rings. The third-order valence-electron chi connectivity index (χ3n) is 2.75. The Hall–Kier alpha value is -2.11. The van der Waals surface area contributed by atoms with Gasteiger partial charge in [-0.05, 0) is 30.7 Å². The molecule has 0 fully saturated rings. The Balaban J connectivity index is 2.66. The molecule has 0 saturated carbocycles. The lowest BCUT2D eigenvalue weighted by atomic mass is 10.2. The molecule has 0 aliphatic heterocycles. The van der Waals surface area contributed by atoms with E-state index in [1.165, 1.54) is 37.1 Å². The summed E-state index contributed by atoms with van der Waals surface area (Å²) in [5.41, 5.74) is 1.11. The van der Waals surface area contributed by atoms with Crippen molar-refractivity contribution >= 4 is 17.7 Å². The van der Waals surface area contributed by atoms with Crippen LogP contribution in [0.25, 0.3) is 0 Å². The molecule has 0 bridgehead atoms. The molecule has 5 nitrogen and oxygen atoms in total. The van der Waals surface area contributed by atoms with Crippen molar-refractivity contribution in [1.82, 2.24) is 4.90 Å². The zero-order chi connectivity index (χ0) is 14.6. The number of aryl methyl sites for hydroxylation is 1. The fraction of sp³-hybridized carbons (Fsp3) is 0.385. The van der Waals surface area contributed by atoms with Gasteiger partial charge in [0.2, 0.25) is 0 Å². The van der Waals surface area contributed by atoms with Crippen LogP contribution in [0.2, 0.25) is 0 Å². The summed E-state index contributed by atoms with van der Waals surface area (Å²) in [5, 5.41) is 11.4. The third-order valence-corrected chi connectivity index (χ3v) is 2.75. The van der Waals surface area contributed by atoms with Crippen LogP contribution in [0.3, 0.4) is 0 Å². The fourth-order valence-corrected chi connectivity index (χ4v) is 1.55. The van der Waals surface area contributed by atoms with E-state index in [-0.39, 0.29) is 12.4 Å². The Kier molecular flexibility index (Phi) is 4.86. The minimum atomic E-state index is -0.961. The van der Waals surface area contributed by atoms with Gasteiger partial charge in [-0.15, -0.1) is 0 Å². The van der Waals surface area contributed by atoms with Crippen LogP contribution in [0.4, 0.5) is 14.9 Å². The van der Waals surface area contributed by atoms with E-state index < -0.39 is 17.9 Å². The van der Waals surface area contributed by atoms with Crippen LogP contribution in [0.5, 0.6) is 0 Å². The van der Waals surface area contributed by atoms with Gasteiger partial charge in [0.15, 0.2) is 0 Å². The number of nitrogens with one attached hydrogen (secondary N) is 1. The van der Waals surface area contributed by atoms with E-state index in [2.05, 4.69) is 5.32 Å². The number of rotatable bonds is 4. The first-order valence-corrected chi connectivity index (χ1v) is 5.82. The van der Waals surface area contributed by atoms with Gasteiger partial charge < -0.3 is 15.3 Å². The van der Waals surface area contributed by atoms with Crippen molar-refractivity contribution in [3.05, 3.63) is 29.6 Å². The SMILES string of the molecule is Cc1cc(F)ccc1NC(=O)N(C)CC(C)C(=O)O. The van der Waals surface area contributed by atoms with Gasteiger partial charge in [-0.2, -0.15) is 0 Å². The molecule has 0 aliphatic carbocycles. The van der Waals surface area contributed by atoms with Gasteiger partial charge in [-0.25, -0.2) is 9.18 Å². The van der Waals surface area contributed by atoms with Gasteiger partial charge >= 0.3 is 12.0 Å². The smallest absolute Gasteiger partial charge is 0.321 e. The number of halogens is 1. The Morgan fingerprint density at radius 2 is 2.11 bits per heavy atom. The van der Waals surface area contributed by atoms with Gasteiger partial charge in [-0.1, -0.05) is 6.92 Å². The highest BCUT2D eigenvalue weighted by Crippen LogP contribution is 2.16. The van der Waals surface area contributed by atoms with Crippen LogP contribution < -0.4 is 5.32 Å². The van der Waals surface area contributed by atoms with Crippen LogP contribution in [0, 0.1) is 18.7 Å². The molecule has 0 aromatic heterocycles. The second kappa shape index (κ2) is 6.17. The Morgan fingerprint density at radius 1 is 1.47 bits per heavy atom. The van der Waals surface area contributed by atoms with E-state index in [1.807, 2.05) is 0 Å². The third kappa shape index (κ3) is 4.24. The number of carbonyl (C=O) groups is 2. The van der Waals surface area contributed by atoms with Crippen LogP contribution in [0.15, 0.2) is 18.2 Å². The summed E-state index contributed by atoms with van der Waals surface area (Å²) in [7, 11) is 1.51. The van der Waals surface area contributed by atoms with Gasteiger partial charge in [0, 0.05) is 19.3 Å². The summed E-state index contributed by atoms with van der Waals surface area (Å²) in [6.45, 7) is 3.30. The second-order valence-electron chi connectivity index (χ2n) is 4.51. The number of amides is 2. The zero-order valence-corrected chi connectivity index (χ0v) is 11.1. The van der Waals surface area contributed by atoms with E-state index in [0.717, 1.165) is 0 Å². The number of anilines is 1. The summed E-state index contributed by atoms with van der Waals surface area (Å²) in [5.74, 6) is -1.98. The number of aliphatic carboxylic acids is 1. The predicted octanol–water partition coefficient (Wildman–Crippen LogP) is 2.32. The summed E-state index contributed by atoms with van der Waals surface area (Å²) < 4.78 is 12.9. The first kappa shape index (κ1) is 14.9. The first-order chi connectivity index (χ1) is 8.81. The van der Waals surface area contributed by atoms with Gasteiger partial charge in [0.1, 0.15) is 5.82 Å². The number of hydrogen-bond donors (Lipinski definition) is 2. The van der Waals surface area contributed by atoms with Gasteiger partial charge in [-0.3, -0.25) is 4.79 Å². The molecular formula is C13H17FN2O3. The highest BCUT2D eigenvalue weighted by Gasteiger charge is 2.17. The molecule has 1 aromatic carbocycles. The molecule has 1 unspecified atom stereocenters. The lowest BCUT2D eigenvalue weighted by Gasteiger charge is -2.20. The van der Waals surface area contributed by atoms with Crippen molar-refractivity contribution in [3.63, 3.8) is 0 Å². The maximum atomic E-state index is 12.9. The summed E-state index contributed by atoms with van der Waals surface area (Å²) in [6, 6.07) is 3.61. The topological polar surface area (TPSA) is 69.6 Å². The molecule has 1 rings (SSSR count). The quantitative estimate of drug-likeness (QED) is 0.880. The monoisotopic (exact) mass is 268 g/mol. The highest BCUT2D eigenvalue weighted by molar-refractivity contribution is 5.90. The van der Waals surface area contributed by atoms with Crippen LogP contribution >= 0.6 is 0 Å². The number of carboxylic acid groups (broad SMARTS) is 1. The highest BCUT2D eigenvalue weighted by atomic mass is 19.1. The summed E-state index contributed by atoms with van der Waals surface area (Å²) >= 11 is 0. The largest absolute Gasteiger partial charge is 0.481 e. The summed E-state index contributed by atoms with van der Waals surface area (Å²) in [6.07, 6.45) is 0. The average molecular weight is 268 g/mol. The van der Waals surface area contributed by atoms with Crippen molar-refractivity contribution in [2.75, 3.05) is 18.9 Å². The molecule has 0 saturated heterocycles. The fourth-order valence-electron chi connectivity index (χ4n) is 1.55. The van der Waals surface area contributed by atoms with Crippen molar-refractivity contribution in [3.8, 4) is 0 Å². The first-order valence-electron chi connectivity index (χ1n) is 5.82. The van der Waals surface area contributed by atoms with Crippen LogP contribution in [0.1, 0.15) is 12.5 Å². The number of nitrogens with zero attached hydrogens (tertiary/aromatic N) is 1. The Bertz CT molecular complexity index is 491. The van der Waals surface area contributed by atoms with E-state index in [9.17, 15) is 14.0 Å². The molecule has 0 heterocycles. The lowest BCUT2D eigenvalue weighted by molar-refractivity contribution is -0.141. The number of benzene rings is 1. The second-order valence-corrected chi connectivity index (χ2v) is 4.51. The van der Waals surface area contributed by atoms with E-state index in [4.69, 9.17) is 5.11 Å². The predicted molar refractivity (Wildman–Crippen MR) is 69.6 cm³/mol. The van der Waals surface area contributed by atoms with E-state index >= 15 is 0 Å². The molecular weight excluding hydrogens is 251 g/mol. The number of hydrogen-bond acceptors (Lipinski definition) is 2. The van der Waals surface area contributed by atoms with E-state index in [0.29, 0.717) is 11.3 Å². The average Bonchev–Trinajstić information content (AvgIpc) is 2.32. The normalized spacial score (nSPS) is 11.8. The van der Waals surface area contributed by atoms with Crippen molar-refractivity contribution in [2.45, 2.75) is 13.8 Å². The summed E-state index contributed by atoms with van der Waals surface area (Å²) in [4.78, 5) is 23.8. The number of carbonyl (C=O) groups excluding carboxylic acids is 1. The standard InChI is InChI=1S/C13H17FN2O3/c1-8-6-10(14)4-5-11(8)15-13(19)16(3)7-9(2)12(17)18/h4-6,9H,7H2,1-3H3,(H,15,19)(H,17,18). The maximum Gasteiger partial charge on any atom is 0.321 e. The molecule has 1 atom stereocenters.